The van der Waals surface area contributed by atoms with Gasteiger partial charge in [-0.25, -0.2) is 4.79 Å². The molecule has 10 nitrogen and oxygen atoms in total. The van der Waals surface area contributed by atoms with Gasteiger partial charge < -0.3 is 34.1 Å². The van der Waals surface area contributed by atoms with Gasteiger partial charge in [0.05, 0.1) is 30.3 Å². The van der Waals surface area contributed by atoms with E-state index in [0.717, 1.165) is 31.5 Å². The van der Waals surface area contributed by atoms with Crippen molar-refractivity contribution in [1.82, 2.24) is 20.1 Å². The molecule has 5 aliphatic rings. The topological polar surface area (TPSA) is 102 Å². The van der Waals surface area contributed by atoms with Gasteiger partial charge in [-0.2, -0.15) is 13.2 Å². The second kappa shape index (κ2) is 12.5. The Balaban J connectivity index is 1.19. The SMILES string of the molecule is COC1COCCC1N[C@@H]1C[C@H]2CN(C(=O)OCC3CCOCC3)C[C@@]2(C(=O)N2CCc3ncc(C(F)(F)F)cc3C2)C1. The van der Waals surface area contributed by atoms with E-state index in [-0.39, 0.29) is 49.0 Å². The molecular formula is C30H41F3N4O6. The molecule has 4 fully saturated rings. The zero-order valence-electron chi connectivity index (χ0n) is 24.6. The van der Waals surface area contributed by atoms with Crippen LogP contribution in [-0.4, -0.2) is 105 Å². The second-order valence-electron chi connectivity index (χ2n) is 12.7. The predicted molar refractivity (Wildman–Crippen MR) is 147 cm³/mol. The number of hydrogen-bond acceptors (Lipinski definition) is 8. The molecule has 4 aliphatic heterocycles. The van der Waals surface area contributed by atoms with E-state index in [2.05, 4.69) is 10.3 Å². The molecule has 3 saturated heterocycles. The molecule has 13 heteroatoms. The molecule has 238 valence electrons. The highest BCUT2D eigenvalue weighted by molar-refractivity contribution is 5.86. The number of ether oxygens (including phenoxy) is 4. The van der Waals surface area contributed by atoms with Gasteiger partial charge >= 0.3 is 12.3 Å². The van der Waals surface area contributed by atoms with Crippen molar-refractivity contribution in [3.05, 3.63) is 29.1 Å². The third-order valence-corrected chi connectivity index (χ3v) is 10.1. The number of fused-ring (bicyclic) bond motifs is 2. The average molecular weight is 611 g/mol. The Labute approximate surface area is 249 Å². The normalized spacial score (nSPS) is 31.5. The van der Waals surface area contributed by atoms with Crippen molar-refractivity contribution in [1.29, 1.82) is 0 Å². The minimum atomic E-state index is -4.51. The zero-order chi connectivity index (χ0) is 30.2. The second-order valence-corrected chi connectivity index (χ2v) is 12.7. The minimum absolute atomic E-state index is 0.0330. The van der Waals surface area contributed by atoms with Gasteiger partial charge in [0.25, 0.3) is 0 Å². The van der Waals surface area contributed by atoms with Crippen molar-refractivity contribution in [2.24, 2.45) is 17.3 Å². The number of rotatable bonds is 6. The van der Waals surface area contributed by atoms with Crippen LogP contribution in [0.25, 0.3) is 0 Å². The summed E-state index contributed by atoms with van der Waals surface area (Å²) in [5, 5.41) is 3.72. The number of halogens is 3. The monoisotopic (exact) mass is 610 g/mol. The third kappa shape index (κ3) is 6.36. The Bertz CT molecular complexity index is 1180. The molecule has 0 spiro atoms. The van der Waals surface area contributed by atoms with E-state index in [0.29, 0.717) is 76.6 Å². The number of nitrogens with zero attached hydrogens (tertiary/aromatic N) is 3. The fraction of sp³-hybridized carbons (Fsp3) is 0.767. The van der Waals surface area contributed by atoms with Crippen molar-refractivity contribution in [3.8, 4) is 0 Å². The van der Waals surface area contributed by atoms with Gasteiger partial charge in [0.1, 0.15) is 0 Å². The maximum atomic E-state index is 14.4. The zero-order valence-corrected chi connectivity index (χ0v) is 24.6. The van der Waals surface area contributed by atoms with Crippen molar-refractivity contribution in [2.45, 2.75) is 69.4 Å². The van der Waals surface area contributed by atoms with Crippen molar-refractivity contribution in [2.75, 3.05) is 59.8 Å². The first-order chi connectivity index (χ1) is 20.7. The Morgan fingerprint density at radius 3 is 2.72 bits per heavy atom. The van der Waals surface area contributed by atoms with E-state index >= 15 is 0 Å². The van der Waals surface area contributed by atoms with Crippen LogP contribution >= 0.6 is 0 Å². The van der Waals surface area contributed by atoms with Crippen LogP contribution in [0.3, 0.4) is 0 Å². The molecule has 5 heterocycles. The molecule has 2 amide bonds. The molecule has 1 aromatic heterocycles. The highest BCUT2D eigenvalue weighted by Crippen LogP contribution is 2.51. The number of methoxy groups -OCH3 is 1. The van der Waals surface area contributed by atoms with Gasteiger partial charge in [-0.3, -0.25) is 9.78 Å². The van der Waals surface area contributed by atoms with Gasteiger partial charge in [-0.1, -0.05) is 0 Å². The first kappa shape index (κ1) is 30.5. The molecule has 0 aromatic carbocycles. The van der Waals surface area contributed by atoms with Gasteiger partial charge in [-0.15, -0.1) is 0 Å². The van der Waals surface area contributed by atoms with Crippen LogP contribution in [0, 0.1) is 17.3 Å². The molecule has 6 rings (SSSR count). The Morgan fingerprint density at radius 2 is 1.95 bits per heavy atom. The molecular weight excluding hydrogens is 569 g/mol. The number of amides is 2. The van der Waals surface area contributed by atoms with Crippen LogP contribution in [0.2, 0.25) is 0 Å². The summed E-state index contributed by atoms with van der Waals surface area (Å²) in [5.41, 5.74) is -0.654. The number of carbonyl (C=O) groups is 2. The number of nitrogens with one attached hydrogen (secondary N) is 1. The van der Waals surface area contributed by atoms with E-state index in [9.17, 15) is 22.8 Å². The predicted octanol–water partition coefficient (Wildman–Crippen LogP) is 3.02. The third-order valence-electron chi connectivity index (χ3n) is 10.1. The lowest BCUT2D eigenvalue weighted by atomic mass is 9.78. The van der Waals surface area contributed by atoms with Gasteiger partial charge in [0.15, 0.2) is 0 Å². The van der Waals surface area contributed by atoms with E-state index < -0.39 is 23.2 Å². The summed E-state index contributed by atoms with van der Waals surface area (Å²) in [6, 6.07) is 1.23. The van der Waals surface area contributed by atoms with Crippen molar-refractivity contribution < 1.29 is 41.7 Å². The van der Waals surface area contributed by atoms with Crippen LogP contribution in [0.15, 0.2) is 12.3 Å². The molecule has 1 saturated carbocycles. The number of carbonyl (C=O) groups excluding carboxylic acids is 2. The standard InChI is InChI=1S/C30H41F3N4O6/c1-40-26-17-42-9-5-25(26)35-23-11-22-15-37(28(39)43-16-19-3-7-41-8-4-19)18-29(22,12-23)27(38)36-6-2-24-20(14-36)10-21(13-34-24)30(31,32)33/h10,13,19,22-23,25-26,35H,2-9,11-12,14-18H2,1H3/t22-,23+,25?,26?,29-/m0/s1. The number of hydrogen-bond donors (Lipinski definition) is 1. The molecule has 1 aliphatic carbocycles. The van der Waals surface area contributed by atoms with E-state index in [1.165, 1.54) is 0 Å². The van der Waals surface area contributed by atoms with Gasteiger partial charge in [-0.05, 0) is 55.6 Å². The Kier molecular flexibility index (Phi) is 8.87. The smallest absolute Gasteiger partial charge is 0.417 e. The summed E-state index contributed by atoms with van der Waals surface area (Å²) in [6.45, 7) is 3.86. The molecule has 0 radical (unpaired) electrons. The van der Waals surface area contributed by atoms with E-state index in [4.69, 9.17) is 18.9 Å². The minimum Gasteiger partial charge on any atom is -0.449 e. The van der Waals surface area contributed by atoms with E-state index in [1.807, 2.05) is 0 Å². The summed E-state index contributed by atoms with van der Waals surface area (Å²) < 4.78 is 62.6. The van der Waals surface area contributed by atoms with Crippen LogP contribution in [0.5, 0.6) is 0 Å². The van der Waals surface area contributed by atoms with Crippen LogP contribution in [0.4, 0.5) is 18.0 Å². The highest BCUT2D eigenvalue weighted by atomic mass is 19.4. The molecule has 2 unspecified atom stereocenters. The fourth-order valence-electron chi connectivity index (χ4n) is 7.67. The molecule has 0 bridgehead atoms. The maximum Gasteiger partial charge on any atom is 0.417 e. The molecule has 43 heavy (non-hydrogen) atoms. The first-order valence-corrected chi connectivity index (χ1v) is 15.4. The lowest BCUT2D eigenvalue weighted by molar-refractivity contribution is -0.144. The molecule has 1 aromatic rings. The van der Waals surface area contributed by atoms with Crippen LogP contribution in [0.1, 0.15) is 48.9 Å². The fourth-order valence-corrected chi connectivity index (χ4v) is 7.67. The Hall–Kier alpha value is -2.48. The molecule has 1 N–H and O–H groups in total. The highest BCUT2D eigenvalue weighted by Gasteiger charge is 2.60. The van der Waals surface area contributed by atoms with Crippen molar-refractivity contribution in [3.63, 3.8) is 0 Å². The summed E-state index contributed by atoms with van der Waals surface area (Å²) in [6.07, 6.45) is -0.0453. The lowest BCUT2D eigenvalue weighted by Gasteiger charge is -2.37. The molecule has 5 atom stereocenters. The summed E-state index contributed by atoms with van der Waals surface area (Å²) in [5.74, 6) is 0.0515. The van der Waals surface area contributed by atoms with Crippen LogP contribution in [-0.2, 0) is 42.9 Å². The van der Waals surface area contributed by atoms with Crippen molar-refractivity contribution >= 4 is 12.0 Å². The summed E-state index contributed by atoms with van der Waals surface area (Å²) >= 11 is 0. The quantitative estimate of drug-likeness (QED) is 0.525. The lowest BCUT2D eigenvalue weighted by Crippen LogP contribution is -2.52. The van der Waals surface area contributed by atoms with Gasteiger partial charge in [0.2, 0.25) is 5.91 Å². The average Bonchev–Trinajstić information content (AvgIpc) is 3.54. The van der Waals surface area contributed by atoms with Gasteiger partial charge in [0, 0.05) is 83.5 Å². The van der Waals surface area contributed by atoms with E-state index in [1.54, 1.807) is 16.9 Å². The number of aromatic nitrogens is 1. The number of alkyl halides is 3. The number of likely N-dealkylation sites (tertiary alicyclic amines) is 1. The van der Waals surface area contributed by atoms with Crippen LogP contribution < -0.4 is 5.32 Å². The first-order valence-electron chi connectivity index (χ1n) is 15.4. The largest absolute Gasteiger partial charge is 0.449 e. The maximum absolute atomic E-state index is 14.4. The number of pyridine rings is 1. The summed E-state index contributed by atoms with van der Waals surface area (Å²) in [7, 11) is 1.67. The Morgan fingerprint density at radius 1 is 1.16 bits per heavy atom. The summed E-state index contributed by atoms with van der Waals surface area (Å²) in [4.78, 5) is 35.1.